The second-order valence-corrected chi connectivity index (χ2v) is 11.5. The standard InChI is InChI=1S/C26H24N4O9S2/c1-3-40-21-20(25(32)37-13-16-7-5-4-6-8-16)29-23(31)19(24(29)41(36)22(21)28-27)15(2)39-26(33)38-14-17-9-11-18(12-10-17)30(34)35/h4-12,15,19,24H,3,13-14H2,1-2H3/t15?,19-,24+,41?/m0/s1. The Hall–Kier alpha value is -4.33. The summed E-state index contributed by atoms with van der Waals surface area (Å²) in [6.07, 6.45) is -2.25. The van der Waals surface area contributed by atoms with Crippen LogP contribution in [0.1, 0.15) is 25.0 Å². The summed E-state index contributed by atoms with van der Waals surface area (Å²) in [5.74, 6) is -2.21. The van der Waals surface area contributed by atoms with E-state index in [4.69, 9.17) is 14.2 Å². The first-order chi connectivity index (χ1) is 19.7. The zero-order valence-corrected chi connectivity index (χ0v) is 23.5. The van der Waals surface area contributed by atoms with E-state index in [0.717, 1.165) is 16.7 Å². The molecule has 1 fully saturated rings. The third kappa shape index (κ3) is 6.21. The second-order valence-electron chi connectivity index (χ2n) is 8.78. The van der Waals surface area contributed by atoms with Crippen LogP contribution in [0.15, 0.2) is 65.2 Å². The Morgan fingerprint density at radius 3 is 2.37 bits per heavy atom. The molecule has 4 atom stereocenters. The first kappa shape index (κ1) is 29.6. The number of thioether (sulfide) groups is 1. The fraction of sp³-hybridized carbons (Fsp3) is 0.308. The monoisotopic (exact) mass is 600 g/mol. The number of nitro groups is 1. The fourth-order valence-corrected chi connectivity index (χ4v) is 7.05. The summed E-state index contributed by atoms with van der Waals surface area (Å²) < 4.78 is 29.2. The molecule has 0 radical (unpaired) electrons. The van der Waals surface area contributed by atoms with Crippen molar-refractivity contribution in [1.29, 1.82) is 0 Å². The topological polar surface area (TPSA) is 179 Å². The highest BCUT2D eigenvalue weighted by atomic mass is 32.2. The molecule has 2 aliphatic heterocycles. The van der Waals surface area contributed by atoms with E-state index >= 15 is 0 Å². The number of hydrogen-bond donors (Lipinski definition) is 0. The zero-order valence-electron chi connectivity index (χ0n) is 21.8. The number of non-ortho nitro benzene ring substituents is 1. The van der Waals surface area contributed by atoms with Crippen LogP contribution in [0, 0.1) is 16.0 Å². The lowest BCUT2D eigenvalue weighted by molar-refractivity contribution is -0.384. The molecule has 2 aromatic carbocycles. The molecule has 214 valence electrons. The van der Waals surface area contributed by atoms with Crippen LogP contribution in [0.4, 0.5) is 10.5 Å². The molecule has 0 saturated carbocycles. The lowest BCUT2D eigenvalue weighted by Gasteiger charge is -2.49. The summed E-state index contributed by atoms with van der Waals surface area (Å²) in [6, 6.07) is 14.2. The van der Waals surface area contributed by atoms with Gasteiger partial charge in [0.15, 0.2) is 16.5 Å². The Kier molecular flexibility index (Phi) is 9.32. The summed E-state index contributed by atoms with van der Waals surface area (Å²) in [7, 11) is -2.07. The molecule has 13 nitrogen and oxygen atoms in total. The third-order valence-corrected chi connectivity index (χ3v) is 8.92. The number of ether oxygens (including phenoxy) is 3. The third-order valence-electron chi connectivity index (χ3n) is 6.22. The van der Waals surface area contributed by atoms with Gasteiger partial charge in [-0.3, -0.25) is 19.8 Å². The van der Waals surface area contributed by atoms with Crippen LogP contribution in [-0.2, 0) is 47.8 Å². The summed E-state index contributed by atoms with van der Waals surface area (Å²) >= 11 is 1.07. The van der Waals surface area contributed by atoms with E-state index in [0.29, 0.717) is 16.9 Å². The fourth-order valence-electron chi connectivity index (χ4n) is 4.26. The van der Waals surface area contributed by atoms with Crippen LogP contribution in [-0.4, -0.2) is 59.1 Å². The molecule has 2 aromatic rings. The average Bonchev–Trinajstić information content (AvgIpc) is 2.96. The normalized spacial score (nSPS) is 20.3. The van der Waals surface area contributed by atoms with Crippen LogP contribution >= 0.6 is 11.8 Å². The predicted octanol–water partition coefficient (Wildman–Crippen LogP) is 3.52. The molecule has 0 spiro atoms. The summed E-state index contributed by atoms with van der Waals surface area (Å²) in [4.78, 5) is 53.4. The molecule has 1 saturated heterocycles. The molecule has 41 heavy (non-hydrogen) atoms. The number of rotatable bonds is 10. The van der Waals surface area contributed by atoms with Gasteiger partial charge in [-0.25, -0.2) is 13.8 Å². The predicted molar refractivity (Wildman–Crippen MR) is 146 cm³/mol. The van der Waals surface area contributed by atoms with Crippen molar-refractivity contribution < 1.29 is 42.5 Å². The summed E-state index contributed by atoms with van der Waals surface area (Å²) in [5, 5.41) is 9.34. The quantitative estimate of drug-likeness (QED) is 0.0978. The smallest absolute Gasteiger partial charge is 0.456 e. The van der Waals surface area contributed by atoms with Crippen molar-refractivity contribution in [3.05, 3.63) is 92.0 Å². The van der Waals surface area contributed by atoms with Gasteiger partial charge < -0.3 is 19.7 Å². The Morgan fingerprint density at radius 2 is 1.76 bits per heavy atom. The minimum atomic E-state index is -2.07. The Bertz CT molecular complexity index is 1470. The Labute approximate surface area is 240 Å². The minimum Gasteiger partial charge on any atom is -0.456 e. The van der Waals surface area contributed by atoms with Gasteiger partial charge in [-0.2, -0.15) is 4.79 Å². The molecule has 15 heteroatoms. The van der Waals surface area contributed by atoms with Crippen molar-refractivity contribution in [2.24, 2.45) is 5.92 Å². The number of amides is 1. The van der Waals surface area contributed by atoms with E-state index in [-0.39, 0.29) is 34.5 Å². The van der Waals surface area contributed by atoms with Crippen molar-refractivity contribution in [3.8, 4) is 0 Å². The van der Waals surface area contributed by atoms with Crippen molar-refractivity contribution >= 4 is 51.3 Å². The maximum absolute atomic E-state index is 13.4. The molecule has 1 amide bonds. The molecule has 0 aliphatic carbocycles. The maximum atomic E-state index is 13.4. The molecule has 0 aromatic heterocycles. The van der Waals surface area contributed by atoms with Crippen LogP contribution in [0.5, 0.6) is 0 Å². The SMILES string of the molecule is CCSC1=C(C(=O)OCc2ccccc2)N2C(=O)[C@H](C(C)OC(=O)OCc3ccc([N+](=O)[O-])cc3)[C@H]2S(=O)C1=[N+]=[N-]. The van der Waals surface area contributed by atoms with Gasteiger partial charge in [0, 0.05) is 12.1 Å². The van der Waals surface area contributed by atoms with Crippen molar-refractivity contribution in [1.82, 2.24) is 4.90 Å². The number of nitrogens with zero attached hydrogens (tertiary/aromatic N) is 4. The van der Waals surface area contributed by atoms with Gasteiger partial charge in [-0.05, 0) is 35.9 Å². The minimum absolute atomic E-state index is 0.0607. The number of esters is 1. The number of carbonyl (C=O) groups excluding carboxylic acids is 3. The van der Waals surface area contributed by atoms with Crippen LogP contribution in [0.2, 0.25) is 0 Å². The Balaban J connectivity index is 1.48. The first-order valence-corrected chi connectivity index (χ1v) is 14.5. The van der Waals surface area contributed by atoms with Gasteiger partial charge >= 0.3 is 17.2 Å². The highest BCUT2D eigenvalue weighted by molar-refractivity contribution is 8.10. The number of hydrogen-bond acceptors (Lipinski definition) is 10. The average molecular weight is 601 g/mol. The van der Waals surface area contributed by atoms with E-state index in [9.17, 15) is 34.2 Å². The van der Waals surface area contributed by atoms with E-state index < -0.39 is 51.2 Å². The molecule has 4 rings (SSSR count). The van der Waals surface area contributed by atoms with Gasteiger partial charge in [0.25, 0.3) is 5.69 Å². The van der Waals surface area contributed by atoms with Crippen molar-refractivity contribution in [2.75, 3.05) is 5.75 Å². The number of carbonyl (C=O) groups is 3. The van der Waals surface area contributed by atoms with Crippen molar-refractivity contribution in [2.45, 2.75) is 38.5 Å². The first-order valence-electron chi connectivity index (χ1n) is 12.3. The van der Waals surface area contributed by atoms with Gasteiger partial charge in [0.05, 0.1) is 4.92 Å². The molecular formula is C26H24N4O9S2. The highest BCUT2D eigenvalue weighted by Crippen LogP contribution is 2.44. The molecule has 2 unspecified atom stereocenters. The van der Waals surface area contributed by atoms with Gasteiger partial charge in [0.2, 0.25) is 5.91 Å². The number of nitro benzene ring substituents is 1. The highest BCUT2D eigenvalue weighted by Gasteiger charge is 2.63. The van der Waals surface area contributed by atoms with Gasteiger partial charge in [-0.15, -0.1) is 11.8 Å². The Morgan fingerprint density at radius 1 is 1.12 bits per heavy atom. The van der Waals surface area contributed by atoms with Crippen molar-refractivity contribution in [3.63, 3.8) is 0 Å². The van der Waals surface area contributed by atoms with Crippen LogP contribution in [0.3, 0.4) is 0 Å². The van der Waals surface area contributed by atoms with E-state index in [1.807, 2.05) is 6.07 Å². The molecule has 2 aliphatic rings. The largest absolute Gasteiger partial charge is 0.508 e. The lowest BCUT2D eigenvalue weighted by atomic mass is 9.91. The van der Waals surface area contributed by atoms with Gasteiger partial charge in [-0.1, -0.05) is 37.3 Å². The van der Waals surface area contributed by atoms with Crippen LogP contribution < -0.4 is 0 Å². The number of benzene rings is 2. The summed E-state index contributed by atoms with van der Waals surface area (Å²) in [6.45, 7) is 2.85. The maximum Gasteiger partial charge on any atom is 0.508 e. The van der Waals surface area contributed by atoms with E-state index in [2.05, 4.69) is 4.79 Å². The molecular weight excluding hydrogens is 576 g/mol. The van der Waals surface area contributed by atoms with Crippen LogP contribution in [0.25, 0.3) is 5.53 Å². The molecule has 0 N–H and O–H groups in total. The van der Waals surface area contributed by atoms with E-state index in [1.54, 1.807) is 31.2 Å². The zero-order chi connectivity index (χ0) is 29.7. The van der Waals surface area contributed by atoms with E-state index in [1.165, 1.54) is 31.2 Å². The lowest BCUT2D eigenvalue weighted by Crippen LogP contribution is -2.69. The number of β-lactam (4-membered cyclic amide) rings is 1. The second kappa shape index (κ2) is 12.9. The molecule has 0 bridgehead atoms. The van der Waals surface area contributed by atoms with Gasteiger partial charge in [0.1, 0.15) is 35.5 Å². The summed E-state index contributed by atoms with van der Waals surface area (Å²) in [5.41, 5.74) is 10.6. The number of fused-ring (bicyclic) bond motifs is 1. The molecule has 2 heterocycles.